The van der Waals surface area contributed by atoms with Crippen molar-refractivity contribution >= 4 is 11.9 Å². The molecule has 1 N–H and O–H groups in total. The van der Waals surface area contributed by atoms with Crippen LogP contribution < -0.4 is 0 Å². The third kappa shape index (κ3) is 2.53. The van der Waals surface area contributed by atoms with E-state index in [1.165, 1.54) is 14.0 Å². The van der Waals surface area contributed by atoms with Gasteiger partial charge in [0.25, 0.3) is 0 Å². The van der Waals surface area contributed by atoms with E-state index in [0.29, 0.717) is 18.3 Å². The minimum Gasteiger partial charge on any atom is -0.466 e. The maximum absolute atomic E-state index is 12.8. The smallest absolute Gasteiger partial charge is 0.350 e. The molecule has 0 saturated heterocycles. The predicted molar refractivity (Wildman–Crippen MR) is 99.7 cm³/mol. The summed E-state index contributed by atoms with van der Waals surface area (Å²) in [5.41, 5.74) is -1.60. The van der Waals surface area contributed by atoms with E-state index < -0.39 is 17.2 Å². The van der Waals surface area contributed by atoms with Crippen LogP contribution in [0.25, 0.3) is 0 Å². The minimum atomic E-state index is -1.12. The Kier molecular flexibility index (Phi) is 4.24. The Morgan fingerprint density at radius 1 is 1.04 bits per heavy atom. The van der Waals surface area contributed by atoms with Gasteiger partial charge in [-0.1, -0.05) is 13.3 Å². The fraction of sp³-hybridized carbons (Fsp3) is 0.909. The van der Waals surface area contributed by atoms with Crippen molar-refractivity contribution in [3.8, 4) is 0 Å². The lowest BCUT2D eigenvalue weighted by Gasteiger charge is -2.63. The Balaban J connectivity index is 1.73. The summed E-state index contributed by atoms with van der Waals surface area (Å²) in [5.74, 6) is 0.0422. The monoisotopic (exact) mass is 378 g/mol. The van der Waals surface area contributed by atoms with Crippen LogP contribution in [0.4, 0.5) is 0 Å². The first-order valence-electron chi connectivity index (χ1n) is 10.6. The fourth-order valence-corrected chi connectivity index (χ4v) is 8.27. The van der Waals surface area contributed by atoms with Crippen molar-refractivity contribution in [3.63, 3.8) is 0 Å². The molecule has 4 fully saturated rings. The average molecular weight is 379 g/mol. The van der Waals surface area contributed by atoms with Crippen LogP contribution in [0, 0.1) is 28.6 Å². The van der Waals surface area contributed by atoms with Crippen LogP contribution in [0.5, 0.6) is 0 Å². The van der Waals surface area contributed by atoms with Crippen molar-refractivity contribution in [2.24, 2.45) is 28.6 Å². The second kappa shape index (κ2) is 5.95. The largest absolute Gasteiger partial charge is 0.466 e. The molecule has 4 rings (SSSR count). The quantitative estimate of drug-likeness (QED) is 0.743. The highest BCUT2D eigenvalue weighted by atomic mass is 16.6. The Morgan fingerprint density at radius 2 is 1.78 bits per heavy atom. The summed E-state index contributed by atoms with van der Waals surface area (Å²) in [5, 5.41) is 11.1. The summed E-state index contributed by atoms with van der Waals surface area (Å²) in [4.78, 5) is 24.7. The van der Waals surface area contributed by atoms with Gasteiger partial charge in [0.05, 0.1) is 12.7 Å². The number of aliphatic hydroxyl groups is 1. The van der Waals surface area contributed by atoms with Gasteiger partial charge in [0.1, 0.15) is 0 Å². The molecule has 0 aromatic heterocycles. The summed E-state index contributed by atoms with van der Waals surface area (Å²) in [6, 6.07) is 0. The lowest BCUT2D eigenvalue weighted by molar-refractivity contribution is -0.187. The lowest BCUT2D eigenvalue weighted by Crippen LogP contribution is -2.58. The van der Waals surface area contributed by atoms with Gasteiger partial charge >= 0.3 is 11.9 Å². The van der Waals surface area contributed by atoms with Crippen LogP contribution in [0.2, 0.25) is 0 Å². The van der Waals surface area contributed by atoms with Gasteiger partial charge in [0, 0.05) is 19.3 Å². The molecule has 152 valence electrons. The Labute approximate surface area is 162 Å². The number of ether oxygens (including phenoxy) is 2. The van der Waals surface area contributed by atoms with Crippen LogP contribution in [0.1, 0.15) is 78.6 Å². The van der Waals surface area contributed by atoms with Crippen molar-refractivity contribution in [2.45, 2.75) is 89.8 Å². The molecule has 5 nitrogen and oxygen atoms in total. The average Bonchev–Trinajstić information content (AvgIpc) is 2.80. The Bertz CT molecular complexity index is 657. The molecule has 0 aliphatic heterocycles. The van der Waals surface area contributed by atoms with Gasteiger partial charge in [0.2, 0.25) is 5.60 Å². The molecule has 0 amide bonds. The summed E-state index contributed by atoms with van der Waals surface area (Å²) in [6.45, 7) is 5.78. The third-order valence-electron chi connectivity index (χ3n) is 9.00. The van der Waals surface area contributed by atoms with Crippen molar-refractivity contribution in [3.05, 3.63) is 0 Å². The molecule has 1 spiro atoms. The summed E-state index contributed by atoms with van der Waals surface area (Å²) in [7, 11) is 1.39. The first kappa shape index (κ1) is 19.2. The van der Waals surface area contributed by atoms with E-state index in [-0.39, 0.29) is 22.7 Å². The van der Waals surface area contributed by atoms with Crippen molar-refractivity contribution in [1.29, 1.82) is 0 Å². The normalized spacial score (nSPS) is 51.1. The standard InChI is InChI=1S/C22H34O5/c1-14(23)27-22(18(24)26-4)13-21-11-8-16-19(2,9-5-10-20(16,3)25)17(21)7-6-15(22)12-21/h15-17,25H,5-13H2,1-4H3/t15-,16+,17+,19-,20-,21+,22-/m1/s1. The summed E-state index contributed by atoms with van der Waals surface area (Å²) < 4.78 is 10.9. The van der Waals surface area contributed by atoms with Crippen molar-refractivity contribution in [1.82, 2.24) is 0 Å². The molecular weight excluding hydrogens is 344 g/mol. The molecule has 5 heteroatoms. The third-order valence-corrected chi connectivity index (χ3v) is 9.00. The Morgan fingerprint density at radius 3 is 2.44 bits per heavy atom. The molecule has 0 unspecified atom stereocenters. The molecule has 7 atom stereocenters. The number of carbonyl (C=O) groups excluding carboxylic acids is 2. The number of hydrogen-bond donors (Lipinski definition) is 1. The van der Waals surface area contributed by atoms with Gasteiger partial charge in [-0.15, -0.1) is 0 Å². The number of methoxy groups -OCH3 is 1. The van der Waals surface area contributed by atoms with Crippen LogP contribution in [0.15, 0.2) is 0 Å². The molecule has 0 aromatic rings. The number of rotatable bonds is 2. The maximum atomic E-state index is 12.8. The zero-order chi connectivity index (χ0) is 19.7. The SMILES string of the molecule is COC(=O)[C@@]1(OC(C)=O)C[C@@]23CC[C@H]4[C@@](C)(CCC[C@@]4(C)O)[C@@H]2CC[C@@H]1C3. The van der Waals surface area contributed by atoms with E-state index in [0.717, 1.165) is 51.4 Å². The van der Waals surface area contributed by atoms with Crippen LogP contribution in [-0.2, 0) is 19.1 Å². The molecule has 0 heterocycles. The molecular formula is C22H34O5. The number of carbonyl (C=O) groups is 2. The van der Waals surface area contributed by atoms with Gasteiger partial charge in [-0.05, 0) is 74.5 Å². The van der Waals surface area contributed by atoms with E-state index >= 15 is 0 Å². The Hall–Kier alpha value is -1.10. The fourth-order valence-electron chi connectivity index (χ4n) is 8.27. The van der Waals surface area contributed by atoms with Gasteiger partial charge in [-0.2, -0.15) is 0 Å². The van der Waals surface area contributed by atoms with Crippen molar-refractivity contribution in [2.75, 3.05) is 7.11 Å². The predicted octanol–water partition coefficient (Wildman–Crippen LogP) is 3.62. The van der Waals surface area contributed by atoms with E-state index in [9.17, 15) is 14.7 Å². The van der Waals surface area contributed by atoms with E-state index in [1.54, 1.807) is 0 Å². The van der Waals surface area contributed by atoms with Gasteiger partial charge in [-0.3, -0.25) is 4.79 Å². The second-order valence-corrected chi connectivity index (χ2v) is 10.4. The van der Waals surface area contributed by atoms with Gasteiger partial charge < -0.3 is 14.6 Å². The zero-order valence-corrected chi connectivity index (χ0v) is 17.2. The number of hydrogen-bond acceptors (Lipinski definition) is 5. The van der Waals surface area contributed by atoms with E-state index in [1.807, 2.05) is 6.92 Å². The molecule has 0 radical (unpaired) electrons. The van der Waals surface area contributed by atoms with Gasteiger partial charge in [-0.25, -0.2) is 4.79 Å². The summed E-state index contributed by atoms with van der Waals surface area (Å²) >= 11 is 0. The maximum Gasteiger partial charge on any atom is 0.350 e. The molecule has 4 saturated carbocycles. The zero-order valence-electron chi connectivity index (χ0n) is 17.2. The molecule has 4 aliphatic carbocycles. The lowest BCUT2D eigenvalue weighted by atomic mass is 9.43. The highest BCUT2D eigenvalue weighted by Gasteiger charge is 2.71. The first-order valence-corrected chi connectivity index (χ1v) is 10.6. The van der Waals surface area contributed by atoms with Crippen molar-refractivity contribution < 1.29 is 24.2 Å². The molecule has 27 heavy (non-hydrogen) atoms. The van der Waals surface area contributed by atoms with Crippen LogP contribution in [0.3, 0.4) is 0 Å². The number of fused-ring (bicyclic) bond motifs is 3. The highest BCUT2D eigenvalue weighted by Crippen LogP contribution is 2.72. The number of esters is 2. The van der Waals surface area contributed by atoms with Gasteiger partial charge in [0.15, 0.2) is 0 Å². The summed E-state index contributed by atoms with van der Waals surface area (Å²) in [6.07, 6.45) is 8.54. The topological polar surface area (TPSA) is 72.8 Å². The van der Waals surface area contributed by atoms with E-state index in [2.05, 4.69) is 6.92 Å². The minimum absolute atomic E-state index is 0.0191. The van der Waals surface area contributed by atoms with Crippen LogP contribution in [-0.4, -0.2) is 35.4 Å². The molecule has 0 aromatic carbocycles. The first-order chi connectivity index (χ1) is 12.6. The highest BCUT2D eigenvalue weighted by molar-refractivity contribution is 5.84. The molecule has 4 aliphatic rings. The molecule has 2 bridgehead atoms. The second-order valence-electron chi connectivity index (χ2n) is 10.4. The van der Waals surface area contributed by atoms with E-state index in [4.69, 9.17) is 9.47 Å². The van der Waals surface area contributed by atoms with Crippen LogP contribution >= 0.6 is 0 Å².